The van der Waals surface area contributed by atoms with Crippen molar-refractivity contribution in [1.82, 2.24) is 9.97 Å². The van der Waals surface area contributed by atoms with Crippen molar-refractivity contribution in [3.8, 4) is 0 Å². The molecule has 0 saturated heterocycles. The zero-order valence-corrected chi connectivity index (χ0v) is 14.5. The van der Waals surface area contributed by atoms with E-state index in [4.69, 9.17) is 4.74 Å². The molecule has 0 unspecified atom stereocenters. The normalized spacial score (nSPS) is 10.6. The molecular weight excluding hydrogens is 314 g/mol. The Balaban J connectivity index is 2.06. The number of para-hydroxylation sites is 1. The molecule has 3 rings (SSSR count). The number of carbonyl (C=O) groups is 1. The summed E-state index contributed by atoms with van der Waals surface area (Å²) in [5.74, 6) is 0.354. The number of anilines is 1. The number of nitrogens with zero attached hydrogens (tertiary/aromatic N) is 3. The highest BCUT2D eigenvalue weighted by atomic mass is 16.5. The average molecular weight is 335 g/mol. The molecule has 1 heterocycles. The molecule has 0 radical (unpaired) electrons. The molecule has 128 valence electrons. The van der Waals surface area contributed by atoms with Crippen LogP contribution in [0.4, 0.5) is 5.82 Å². The van der Waals surface area contributed by atoms with Crippen LogP contribution in [0.2, 0.25) is 0 Å². The topological polar surface area (TPSA) is 55.3 Å². The number of fused-ring (bicyclic) bond motifs is 1. The number of carbonyl (C=O) groups excluding carboxylic acids is 1. The summed E-state index contributed by atoms with van der Waals surface area (Å²) in [5, 5.41) is 0.924. The Hall–Kier alpha value is -2.95. The molecule has 0 N–H and O–H groups in total. The van der Waals surface area contributed by atoms with Crippen molar-refractivity contribution < 1.29 is 9.53 Å². The number of aromatic nitrogens is 2. The van der Waals surface area contributed by atoms with Crippen LogP contribution in [0, 0.1) is 0 Å². The minimum absolute atomic E-state index is 0.0991. The van der Waals surface area contributed by atoms with Crippen molar-refractivity contribution in [2.24, 2.45) is 0 Å². The predicted octanol–water partition coefficient (Wildman–Crippen LogP) is 3.83. The van der Waals surface area contributed by atoms with E-state index >= 15 is 0 Å². The van der Waals surface area contributed by atoms with Crippen molar-refractivity contribution in [1.29, 1.82) is 0 Å². The molecule has 0 bridgehead atoms. The predicted molar refractivity (Wildman–Crippen MR) is 98.7 cm³/mol. The SMILES string of the molecule is CCOC(=O)c1nc(N(CC)Cc2ccccc2)c2ccccc2n1. The first-order valence-corrected chi connectivity index (χ1v) is 8.45. The Kier molecular flexibility index (Phi) is 5.23. The third kappa shape index (κ3) is 3.76. The van der Waals surface area contributed by atoms with Crippen LogP contribution in [0.3, 0.4) is 0 Å². The van der Waals surface area contributed by atoms with E-state index in [0.717, 1.165) is 23.3 Å². The number of hydrogen-bond acceptors (Lipinski definition) is 5. The van der Waals surface area contributed by atoms with E-state index in [9.17, 15) is 4.79 Å². The molecule has 1 aromatic heterocycles. The van der Waals surface area contributed by atoms with Gasteiger partial charge in [0.15, 0.2) is 0 Å². The molecule has 0 spiro atoms. The first kappa shape index (κ1) is 16.9. The zero-order valence-electron chi connectivity index (χ0n) is 14.5. The maximum atomic E-state index is 12.1. The summed E-state index contributed by atoms with van der Waals surface area (Å²) in [6.07, 6.45) is 0. The van der Waals surface area contributed by atoms with Gasteiger partial charge in [-0.1, -0.05) is 42.5 Å². The summed E-state index contributed by atoms with van der Waals surface area (Å²) in [6, 6.07) is 17.9. The van der Waals surface area contributed by atoms with Gasteiger partial charge in [-0.2, -0.15) is 0 Å². The van der Waals surface area contributed by atoms with Crippen LogP contribution in [0.25, 0.3) is 10.9 Å². The van der Waals surface area contributed by atoms with Crippen molar-refractivity contribution in [3.63, 3.8) is 0 Å². The summed E-state index contributed by atoms with van der Waals surface area (Å²) < 4.78 is 5.08. The lowest BCUT2D eigenvalue weighted by molar-refractivity contribution is 0.0512. The van der Waals surface area contributed by atoms with Crippen LogP contribution in [0.5, 0.6) is 0 Å². The lowest BCUT2D eigenvalue weighted by Gasteiger charge is -2.23. The quantitative estimate of drug-likeness (QED) is 0.641. The fourth-order valence-corrected chi connectivity index (χ4v) is 2.73. The molecule has 0 aliphatic rings. The number of esters is 1. The van der Waals surface area contributed by atoms with E-state index in [0.29, 0.717) is 13.2 Å². The van der Waals surface area contributed by atoms with E-state index in [1.807, 2.05) is 42.5 Å². The second-order valence-corrected chi connectivity index (χ2v) is 5.61. The monoisotopic (exact) mass is 335 g/mol. The van der Waals surface area contributed by atoms with Gasteiger partial charge in [0.05, 0.1) is 12.1 Å². The smallest absolute Gasteiger partial charge is 0.376 e. The van der Waals surface area contributed by atoms with E-state index in [2.05, 4.69) is 33.9 Å². The minimum atomic E-state index is -0.495. The second-order valence-electron chi connectivity index (χ2n) is 5.61. The van der Waals surface area contributed by atoms with Gasteiger partial charge in [0.2, 0.25) is 5.82 Å². The van der Waals surface area contributed by atoms with Gasteiger partial charge < -0.3 is 9.64 Å². The number of rotatable bonds is 6. The molecule has 0 amide bonds. The van der Waals surface area contributed by atoms with Crippen molar-refractivity contribution in [2.45, 2.75) is 20.4 Å². The summed E-state index contributed by atoms with van der Waals surface area (Å²) in [6.45, 7) is 5.61. The Morgan fingerprint density at radius 3 is 2.44 bits per heavy atom. The van der Waals surface area contributed by atoms with Crippen LogP contribution in [-0.4, -0.2) is 29.1 Å². The Bertz CT molecular complexity index is 865. The summed E-state index contributed by atoms with van der Waals surface area (Å²) in [5.41, 5.74) is 1.92. The van der Waals surface area contributed by atoms with Gasteiger partial charge in [-0.25, -0.2) is 14.8 Å². The Morgan fingerprint density at radius 1 is 1.00 bits per heavy atom. The van der Waals surface area contributed by atoms with Gasteiger partial charge in [-0.15, -0.1) is 0 Å². The maximum Gasteiger partial charge on any atom is 0.376 e. The first-order valence-electron chi connectivity index (χ1n) is 8.45. The molecule has 0 aliphatic carbocycles. The summed E-state index contributed by atoms with van der Waals surface area (Å²) in [4.78, 5) is 23.2. The lowest BCUT2D eigenvalue weighted by Crippen LogP contribution is -2.25. The van der Waals surface area contributed by atoms with Gasteiger partial charge in [0.25, 0.3) is 0 Å². The van der Waals surface area contributed by atoms with Gasteiger partial charge in [0.1, 0.15) is 5.82 Å². The Morgan fingerprint density at radius 2 is 1.72 bits per heavy atom. The molecule has 0 aliphatic heterocycles. The molecule has 5 nitrogen and oxygen atoms in total. The molecule has 25 heavy (non-hydrogen) atoms. The summed E-state index contributed by atoms with van der Waals surface area (Å²) >= 11 is 0. The second kappa shape index (κ2) is 7.75. The largest absolute Gasteiger partial charge is 0.460 e. The van der Waals surface area contributed by atoms with Crippen LogP contribution in [0.15, 0.2) is 54.6 Å². The van der Waals surface area contributed by atoms with Crippen LogP contribution >= 0.6 is 0 Å². The third-order valence-electron chi connectivity index (χ3n) is 3.94. The fraction of sp³-hybridized carbons (Fsp3) is 0.250. The number of ether oxygens (including phenoxy) is 1. The van der Waals surface area contributed by atoms with E-state index < -0.39 is 5.97 Å². The molecule has 0 saturated carbocycles. The minimum Gasteiger partial charge on any atom is -0.460 e. The van der Waals surface area contributed by atoms with Crippen LogP contribution < -0.4 is 4.90 Å². The maximum absolute atomic E-state index is 12.1. The van der Waals surface area contributed by atoms with Crippen molar-refractivity contribution in [3.05, 3.63) is 66.0 Å². The van der Waals surface area contributed by atoms with Gasteiger partial charge >= 0.3 is 5.97 Å². The highest BCUT2D eigenvalue weighted by Gasteiger charge is 2.18. The molecular formula is C20H21N3O2. The van der Waals surface area contributed by atoms with Crippen LogP contribution in [-0.2, 0) is 11.3 Å². The first-order chi connectivity index (χ1) is 12.2. The van der Waals surface area contributed by atoms with Gasteiger partial charge in [-0.05, 0) is 31.5 Å². The highest BCUT2D eigenvalue weighted by molar-refractivity contribution is 5.94. The highest BCUT2D eigenvalue weighted by Crippen LogP contribution is 2.25. The van der Waals surface area contributed by atoms with E-state index in [1.165, 1.54) is 5.56 Å². The average Bonchev–Trinajstić information content (AvgIpc) is 2.66. The fourth-order valence-electron chi connectivity index (χ4n) is 2.73. The Labute approximate surface area is 147 Å². The molecule has 0 fully saturated rings. The lowest BCUT2D eigenvalue weighted by atomic mass is 10.2. The number of hydrogen-bond donors (Lipinski definition) is 0. The zero-order chi connectivity index (χ0) is 17.6. The standard InChI is InChI=1S/C20H21N3O2/c1-3-23(14-15-10-6-5-7-11-15)19-16-12-8-9-13-17(16)21-18(22-19)20(24)25-4-2/h5-13H,3-4,14H2,1-2H3. The molecule has 0 atom stereocenters. The van der Waals surface area contributed by atoms with Gasteiger partial charge in [0, 0.05) is 18.5 Å². The van der Waals surface area contributed by atoms with Crippen molar-refractivity contribution >= 4 is 22.7 Å². The number of benzene rings is 2. The van der Waals surface area contributed by atoms with E-state index in [-0.39, 0.29) is 5.82 Å². The molecule has 3 aromatic rings. The van der Waals surface area contributed by atoms with Crippen molar-refractivity contribution in [2.75, 3.05) is 18.1 Å². The summed E-state index contributed by atoms with van der Waals surface area (Å²) in [7, 11) is 0. The van der Waals surface area contributed by atoms with E-state index in [1.54, 1.807) is 6.92 Å². The molecule has 2 aromatic carbocycles. The van der Waals surface area contributed by atoms with Crippen LogP contribution in [0.1, 0.15) is 30.0 Å². The molecule has 5 heteroatoms. The third-order valence-corrected chi connectivity index (χ3v) is 3.94. The van der Waals surface area contributed by atoms with Gasteiger partial charge in [-0.3, -0.25) is 0 Å².